The van der Waals surface area contributed by atoms with Crippen LogP contribution in [0.4, 0.5) is 0 Å². The molecule has 1 aromatic carbocycles. The molecule has 2 aromatic heterocycles. The third kappa shape index (κ3) is 3.06. The molecule has 130 valence electrons. The van der Waals surface area contributed by atoms with Gasteiger partial charge in [0.1, 0.15) is 5.58 Å². The number of piperidine rings is 1. The topological polar surface area (TPSA) is 51.3 Å². The molecule has 25 heavy (non-hydrogen) atoms. The van der Waals surface area contributed by atoms with Crippen molar-refractivity contribution in [3.8, 4) is 0 Å². The fourth-order valence-electron chi connectivity index (χ4n) is 3.77. The molecule has 0 radical (unpaired) electrons. The van der Waals surface area contributed by atoms with Crippen LogP contribution in [0.2, 0.25) is 0 Å². The highest BCUT2D eigenvalue weighted by Crippen LogP contribution is 2.28. The number of furan rings is 1. The summed E-state index contributed by atoms with van der Waals surface area (Å²) in [5.41, 5.74) is 2.88. The first-order valence-electron chi connectivity index (χ1n) is 8.86. The molecule has 0 aliphatic carbocycles. The van der Waals surface area contributed by atoms with Crippen LogP contribution in [-0.2, 0) is 6.54 Å². The number of amides is 1. The van der Waals surface area contributed by atoms with Crippen molar-refractivity contribution >= 4 is 16.9 Å². The van der Waals surface area contributed by atoms with E-state index in [2.05, 4.69) is 15.6 Å². The first-order valence-corrected chi connectivity index (χ1v) is 8.86. The number of hydrogen-bond acceptors (Lipinski definition) is 3. The molecular weight excluding hydrogens is 314 g/mol. The predicted octanol–water partition coefficient (Wildman–Crippen LogP) is 3.80. The maximum Gasteiger partial charge on any atom is 0.289 e. The number of imidazole rings is 1. The molecule has 5 heteroatoms. The van der Waals surface area contributed by atoms with E-state index in [4.69, 9.17) is 4.42 Å². The molecule has 0 spiro atoms. The van der Waals surface area contributed by atoms with Gasteiger partial charge in [-0.1, -0.05) is 12.1 Å². The third-order valence-electron chi connectivity index (χ3n) is 5.12. The van der Waals surface area contributed by atoms with Gasteiger partial charge in [0, 0.05) is 43.0 Å². The number of likely N-dealkylation sites (tertiary alicyclic amines) is 1. The monoisotopic (exact) mass is 337 g/mol. The van der Waals surface area contributed by atoms with E-state index in [-0.39, 0.29) is 5.91 Å². The summed E-state index contributed by atoms with van der Waals surface area (Å²) in [5, 5.41) is 1.03. The average Bonchev–Trinajstić information content (AvgIpc) is 3.22. The van der Waals surface area contributed by atoms with E-state index in [0.717, 1.165) is 54.6 Å². The van der Waals surface area contributed by atoms with Gasteiger partial charge in [-0.2, -0.15) is 0 Å². The normalized spacial score (nSPS) is 18.0. The molecule has 3 aromatic rings. The van der Waals surface area contributed by atoms with E-state index in [1.165, 1.54) is 0 Å². The quantitative estimate of drug-likeness (QED) is 0.730. The third-order valence-corrected chi connectivity index (χ3v) is 5.12. The molecule has 5 nitrogen and oxygen atoms in total. The number of nitrogens with zero attached hydrogens (tertiary/aromatic N) is 3. The summed E-state index contributed by atoms with van der Waals surface area (Å²) < 4.78 is 8.02. The maximum atomic E-state index is 13.0. The van der Waals surface area contributed by atoms with E-state index in [9.17, 15) is 4.79 Å². The van der Waals surface area contributed by atoms with E-state index >= 15 is 0 Å². The van der Waals surface area contributed by atoms with Crippen LogP contribution in [0.25, 0.3) is 11.0 Å². The largest absolute Gasteiger partial charge is 0.451 e. The number of rotatable bonds is 3. The number of fused-ring (bicyclic) bond motifs is 1. The molecule has 1 saturated heterocycles. The highest BCUT2D eigenvalue weighted by atomic mass is 16.3. The van der Waals surface area contributed by atoms with Crippen molar-refractivity contribution in [1.82, 2.24) is 14.5 Å². The molecule has 1 amide bonds. The Labute approximate surface area is 147 Å². The Morgan fingerprint density at radius 3 is 3.04 bits per heavy atom. The molecule has 1 fully saturated rings. The fraction of sp³-hybridized carbons (Fsp3) is 0.400. The van der Waals surface area contributed by atoms with Gasteiger partial charge in [0.05, 0.1) is 6.33 Å². The number of aryl methyl sites for hydroxylation is 2. The molecule has 0 saturated carbocycles. The van der Waals surface area contributed by atoms with Crippen molar-refractivity contribution in [2.24, 2.45) is 5.92 Å². The highest BCUT2D eigenvalue weighted by molar-refractivity contribution is 5.99. The van der Waals surface area contributed by atoms with Crippen molar-refractivity contribution in [3.05, 3.63) is 53.8 Å². The molecule has 0 unspecified atom stereocenters. The number of hydrogen-bond donors (Lipinski definition) is 0. The second-order valence-corrected chi connectivity index (χ2v) is 7.07. The second-order valence-electron chi connectivity index (χ2n) is 7.07. The van der Waals surface area contributed by atoms with Gasteiger partial charge >= 0.3 is 0 Å². The van der Waals surface area contributed by atoms with E-state index in [0.29, 0.717) is 11.7 Å². The average molecular weight is 337 g/mol. The van der Waals surface area contributed by atoms with Crippen LogP contribution in [0.5, 0.6) is 0 Å². The van der Waals surface area contributed by atoms with Crippen molar-refractivity contribution in [3.63, 3.8) is 0 Å². The Balaban J connectivity index is 1.55. The van der Waals surface area contributed by atoms with Gasteiger partial charge in [-0.25, -0.2) is 4.98 Å². The Kier molecular flexibility index (Phi) is 4.07. The highest BCUT2D eigenvalue weighted by Gasteiger charge is 2.28. The number of benzene rings is 1. The lowest BCUT2D eigenvalue weighted by atomic mass is 9.97. The summed E-state index contributed by atoms with van der Waals surface area (Å²) in [6.07, 6.45) is 7.79. The SMILES string of the molecule is Cc1ccc2c(C)c(C(=O)N3CCC[C@H](Cn4ccnc4)C3)oc2c1. The van der Waals surface area contributed by atoms with Crippen LogP contribution >= 0.6 is 0 Å². The zero-order valence-corrected chi connectivity index (χ0v) is 14.7. The van der Waals surface area contributed by atoms with Gasteiger partial charge in [-0.3, -0.25) is 4.79 Å². The van der Waals surface area contributed by atoms with Gasteiger partial charge in [0.15, 0.2) is 5.76 Å². The fourth-order valence-corrected chi connectivity index (χ4v) is 3.77. The zero-order chi connectivity index (χ0) is 17.4. The summed E-state index contributed by atoms with van der Waals surface area (Å²) in [7, 11) is 0. The summed E-state index contributed by atoms with van der Waals surface area (Å²) in [4.78, 5) is 19.1. The first-order chi connectivity index (χ1) is 12.1. The summed E-state index contributed by atoms with van der Waals surface area (Å²) >= 11 is 0. The van der Waals surface area contributed by atoms with Crippen molar-refractivity contribution in [1.29, 1.82) is 0 Å². The number of aromatic nitrogens is 2. The maximum absolute atomic E-state index is 13.0. The summed E-state index contributed by atoms with van der Waals surface area (Å²) in [6, 6.07) is 6.09. The minimum Gasteiger partial charge on any atom is -0.451 e. The van der Waals surface area contributed by atoms with Crippen LogP contribution in [-0.4, -0.2) is 33.4 Å². The van der Waals surface area contributed by atoms with Crippen molar-refractivity contribution in [2.75, 3.05) is 13.1 Å². The van der Waals surface area contributed by atoms with Crippen LogP contribution in [0.1, 0.15) is 34.5 Å². The molecule has 1 atom stereocenters. The van der Waals surface area contributed by atoms with E-state index in [1.807, 2.05) is 43.4 Å². The molecule has 0 N–H and O–H groups in total. The van der Waals surface area contributed by atoms with Crippen LogP contribution in [0.3, 0.4) is 0 Å². The zero-order valence-electron chi connectivity index (χ0n) is 14.7. The lowest BCUT2D eigenvalue weighted by Crippen LogP contribution is -2.41. The molecular formula is C20H23N3O2. The van der Waals surface area contributed by atoms with Crippen LogP contribution < -0.4 is 0 Å². The van der Waals surface area contributed by atoms with Gasteiger partial charge in [0.2, 0.25) is 0 Å². The van der Waals surface area contributed by atoms with Crippen LogP contribution in [0.15, 0.2) is 41.3 Å². The molecule has 1 aliphatic rings. The second kappa shape index (κ2) is 6.39. The number of carbonyl (C=O) groups excluding carboxylic acids is 1. The minimum absolute atomic E-state index is 0.0154. The Morgan fingerprint density at radius 1 is 1.36 bits per heavy atom. The lowest BCUT2D eigenvalue weighted by molar-refractivity contribution is 0.0631. The molecule has 3 heterocycles. The smallest absolute Gasteiger partial charge is 0.289 e. The number of carbonyl (C=O) groups is 1. The van der Waals surface area contributed by atoms with Crippen molar-refractivity contribution in [2.45, 2.75) is 33.2 Å². The van der Waals surface area contributed by atoms with Gasteiger partial charge in [-0.15, -0.1) is 0 Å². The Morgan fingerprint density at radius 2 is 2.24 bits per heavy atom. The minimum atomic E-state index is 0.0154. The standard InChI is InChI=1S/C20H23N3O2/c1-14-5-6-17-15(2)19(25-18(17)10-14)20(24)23-8-3-4-16(12-23)11-22-9-7-21-13-22/h5-7,9-10,13,16H,3-4,8,11-12H2,1-2H3/t16-/m1/s1. The first kappa shape index (κ1) is 15.9. The lowest BCUT2D eigenvalue weighted by Gasteiger charge is -2.32. The summed E-state index contributed by atoms with van der Waals surface area (Å²) in [6.45, 7) is 6.48. The van der Waals surface area contributed by atoms with Gasteiger partial charge in [-0.05, 0) is 44.2 Å². The van der Waals surface area contributed by atoms with E-state index < -0.39 is 0 Å². The van der Waals surface area contributed by atoms with Crippen molar-refractivity contribution < 1.29 is 9.21 Å². The predicted molar refractivity (Wildman–Crippen MR) is 96.5 cm³/mol. The Hall–Kier alpha value is -2.56. The molecule has 0 bridgehead atoms. The van der Waals surface area contributed by atoms with Crippen LogP contribution in [0, 0.1) is 19.8 Å². The summed E-state index contributed by atoms with van der Waals surface area (Å²) in [5.74, 6) is 0.962. The van der Waals surface area contributed by atoms with Gasteiger partial charge < -0.3 is 13.9 Å². The Bertz CT molecular complexity index is 895. The van der Waals surface area contributed by atoms with E-state index in [1.54, 1.807) is 6.20 Å². The molecule has 4 rings (SSSR count). The van der Waals surface area contributed by atoms with Gasteiger partial charge in [0.25, 0.3) is 5.91 Å². The molecule has 1 aliphatic heterocycles.